The molecular weight excluding hydrogens is 252 g/mol. The van der Waals surface area contributed by atoms with Crippen molar-refractivity contribution in [3.63, 3.8) is 0 Å². The summed E-state index contributed by atoms with van der Waals surface area (Å²) in [4.78, 5) is 11.1. The lowest BCUT2D eigenvalue weighted by atomic mass is 10.2. The molecule has 0 aliphatic heterocycles. The van der Waals surface area contributed by atoms with E-state index in [1.54, 1.807) is 0 Å². The van der Waals surface area contributed by atoms with Crippen LogP contribution in [-0.4, -0.2) is 47.2 Å². The summed E-state index contributed by atoms with van der Waals surface area (Å²) in [6.07, 6.45) is 0. The molecule has 114 valence electrons. The largest absolute Gasteiger partial charge is 0.476 e. The summed E-state index contributed by atoms with van der Waals surface area (Å²) in [6, 6.07) is 1.03. The molecule has 20 heavy (non-hydrogen) atoms. The summed E-state index contributed by atoms with van der Waals surface area (Å²) in [5, 5.41) is 3.07. The summed E-state index contributed by atoms with van der Waals surface area (Å²) in [5.41, 5.74) is 0.957. The third-order valence-corrected chi connectivity index (χ3v) is 3.36. The molecule has 0 bridgehead atoms. The first-order valence-electron chi connectivity index (χ1n) is 7.28. The van der Waals surface area contributed by atoms with Gasteiger partial charge < -0.3 is 10.1 Å². The van der Waals surface area contributed by atoms with Crippen molar-refractivity contribution in [2.45, 2.75) is 53.6 Å². The number of aromatic nitrogens is 2. The lowest BCUT2D eigenvalue weighted by Crippen LogP contribution is -2.39. The van der Waals surface area contributed by atoms with Gasteiger partial charge in [0.05, 0.1) is 5.56 Å². The SMILES string of the molecule is CNc1nc(C)nc(OCCN(C(C)C)C(C)C)c1C. The van der Waals surface area contributed by atoms with Gasteiger partial charge in [0, 0.05) is 25.7 Å². The van der Waals surface area contributed by atoms with Crippen molar-refractivity contribution >= 4 is 5.82 Å². The van der Waals surface area contributed by atoms with E-state index >= 15 is 0 Å². The van der Waals surface area contributed by atoms with Crippen molar-refractivity contribution in [3.8, 4) is 5.88 Å². The number of ether oxygens (including phenoxy) is 1. The molecule has 1 aromatic heterocycles. The minimum Gasteiger partial charge on any atom is -0.476 e. The molecule has 1 N–H and O–H groups in total. The van der Waals surface area contributed by atoms with E-state index in [4.69, 9.17) is 4.74 Å². The molecule has 1 aromatic rings. The zero-order chi connectivity index (χ0) is 15.3. The second-order valence-corrected chi connectivity index (χ2v) is 5.57. The number of rotatable bonds is 7. The van der Waals surface area contributed by atoms with E-state index in [1.807, 2.05) is 20.9 Å². The van der Waals surface area contributed by atoms with E-state index in [2.05, 4.69) is 47.9 Å². The molecule has 0 aliphatic carbocycles. The van der Waals surface area contributed by atoms with Crippen LogP contribution in [0.4, 0.5) is 5.82 Å². The Balaban J connectivity index is 2.68. The van der Waals surface area contributed by atoms with E-state index in [1.165, 1.54) is 0 Å². The van der Waals surface area contributed by atoms with Crippen molar-refractivity contribution in [1.82, 2.24) is 14.9 Å². The summed E-state index contributed by atoms with van der Waals surface area (Å²) < 4.78 is 5.86. The first-order chi connectivity index (χ1) is 9.36. The van der Waals surface area contributed by atoms with Crippen molar-refractivity contribution in [2.24, 2.45) is 0 Å². The van der Waals surface area contributed by atoms with Crippen molar-refractivity contribution in [3.05, 3.63) is 11.4 Å². The van der Waals surface area contributed by atoms with Gasteiger partial charge in [0.2, 0.25) is 5.88 Å². The Morgan fingerprint density at radius 1 is 1.10 bits per heavy atom. The number of nitrogens with zero attached hydrogens (tertiary/aromatic N) is 3. The van der Waals surface area contributed by atoms with Crippen LogP contribution in [0.15, 0.2) is 0 Å². The Morgan fingerprint density at radius 3 is 2.20 bits per heavy atom. The minimum absolute atomic E-state index is 0.514. The molecule has 0 aliphatic rings. The highest BCUT2D eigenvalue weighted by molar-refractivity contribution is 5.47. The average Bonchev–Trinajstić information content (AvgIpc) is 2.36. The molecule has 0 atom stereocenters. The van der Waals surface area contributed by atoms with Crippen molar-refractivity contribution < 1.29 is 4.74 Å². The first-order valence-corrected chi connectivity index (χ1v) is 7.28. The fourth-order valence-corrected chi connectivity index (χ4v) is 2.35. The third kappa shape index (κ3) is 4.34. The van der Waals surface area contributed by atoms with Gasteiger partial charge >= 0.3 is 0 Å². The van der Waals surface area contributed by atoms with Crippen LogP contribution in [0.5, 0.6) is 5.88 Å². The molecule has 0 spiro atoms. The van der Waals surface area contributed by atoms with Gasteiger partial charge in [-0.1, -0.05) is 0 Å². The summed E-state index contributed by atoms with van der Waals surface area (Å²) in [5.74, 6) is 2.23. The zero-order valence-corrected chi connectivity index (χ0v) is 13.8. The van der Waals surface area contributed by atoms with E-state index in [9.17, 15) is 0 Å². The summed E-state index contributed by atoms with van der Waals surface area (Å²) in [7, 11) is 1.86. The second kappa shape index (κ2) is 7.43. The predicted octanol–water partition coefficient (Wildman–Crippen LogP) is 2.63. The van der Waals surface area contributed by atoms with Gasteiger partial charge in [-0.3, -0.25) is 4.90 Å². The molecule has 0 saturated carbocycles. The molecule has 0 amide bonds. The van der Waals surface area contributed by atoms with Crippen LogP contribution in [0.1, 0.15) is 39.1 Å². The van der Waals surface area contributed by atoms with Crippen LogP contribution in [0.3, 0.4) is 0 Å². The molecule has 0 unspecified atom stereocenters. The zero-order valence-electron chi connectivity index (χ0n) is 13.8. The van der Waals surface area contributed by atoms with E-state index in [0.717, 1.165) is 23.8 Å². The summed E-state index contributed by atoms with van der Waals surface area (Å²) >= 11 is 0. The Kier molecular flexibility index (Phi) is 6.20. The molecule has 1 heterocycles. The van der Waals surface area contributed by atoms with E-state index in [-0.39, 0.29) is 0 Å². The molecule has 0 fully saturated rings. The minimum atomic E-state index is 0.514. The second-order valence-electron chi connectivity index (χ2n) is 5.57. The highest BCUT2D eigenvalue weighted by atomic mass is 16.5. The Morgan fingerprint density at radius 2 is 1.70 bits per heavy atom. The molecule has 5 nitrogen and oxygen atoms in total. The average molecular weight is 280 g/mol. The van der Waals surface area contributed by atoms with E-state index < -0.39 is 0 Å². The van der Waals surface area contributed by atoms with Gasteiger partial charge in [-0.15, -0.1) is 0 Å². The molecule has 0 aromatic carbocycles. The van der Waals surface area contributed by atoms with Crippen LogP contribution >= 0.6 is 0 Å². The van der Waals surface area contributed by atoms with Gasteiger partial charge in [-0.25, -0.2) is 4.98 Å². The van der Waals surface area contributed by atoms with Gasteiger partial charge in [-0.05, 0) is 41.5 Å². The predicted molar refractivity (Wildman–Crippen MR) is 83.5 cm³/mol. The molecule has 0 saturated heterocycles. The maximum absolute atomic E-state index is 5.86. The quantitative estimate of drug-likeness (QED) is 0.832. The maximum atomic E-state index is 5.86. The van der Waals surface area contributed by atoms with Crippen LogP contribution in [-0.2, 0) is 0 Å². The Bertz CT molecular complexity index is 424. The number of hydrogen-bond donors (Lipinski definition) is 1. The number of hydrogen-bond acceptors (Lipinski definition) is 5. The van der Waals surface area contributed by atoms with Crippen LogP contribution in [0, 0.1) is 13.8 Å². The molecule has 5 heteroatoms. The lowest BCUT2D eigenvalue weighted by molar-refractivity contribution is 0.139. The van der Waals surface area contributed by atoms with Crippen molar-refractivity contribution in [1.29, 1.82) is 0 Å². The fraction of sp³-hybridized carbons (Fsp3) is 0.733. The maximum Gasteiger partial charge on any atom is 0.221 e. The highest BCUT2D eigenvalue weighted by Crippen LogP contribution is 2.21. The van der Waals surface area contributed by atoms with Crippen LogP contribution in [0.25, 0.3) is 0 Å². The van der Waals surface area contributed by atoms with Gasteiger partial charge in [-0.2, -0.15) is 4.98 Å². The third-order valence-electron chi connectivity index (χ3n) is 3.36. The lowest BCUT2D eigenvalue weighted by Gasteiger charge is -2.30. The smallest absolute Gasteiger partial charge is 0.221 e. The fourth-order valence-electron chi connectivity index (χ4n) is 2.35. The van der Waals surface area contributed by atoms with Crippen LogP contribution < -0.4 is 10.1 Å². The number of anilines is 1. The number of aryl methyl sites for hydroxylation is 1. The monoisotopic (exact) mass is 280 g/mol. The molecule has 1 rings (SSSR count). The summed E-state index contributed by atoms with van der Waals surface area (Å²) in [6.45, 7) is 14.2. The molecular formula is C15H28N4O. The van der Waals surface area contributed by atoms with Crippen molar-refractivity contribution in [2.75, 3.05) is 25.5 Å². The Labute approximate surface area is 122 Å². The highest BCUT2D eigenvalue weighted by Gasteiger charge is 2.14. The van der Waals surface area contributed by atoms with Gasteiger partial charge in [0.15, 0.2) is 0 Å². The molecule has 0 radical (unpaired) electrons. The topological polar surface area (TPSA) is 50.3 Å². The normalized spacial score (nSPS) is 11.5. The Hall–Kier alpha value is -1.36. The standard InChI is InChI=1S/C15H28N4O/c1-10(2)19(11(3)4)8-9-20-15-12(5)14(16-7)17-13(6)18-15/h10-11H,8-9H2,1-7H3,(H,16,17,18). The van der Waals surface area contributed by atoms with Crippen LogP contribution in [0.2, 0.25) is 0 Å². The van der Waals surface area contributed by atoms with E-state index in [0.29, 0.717) is 24.6 Å². The van der Waals surface area contributed by atoms with Gasteiger partial charge in [0.25, 0.3) is 0 Å². The first kappa shape index (κ1) is 16.7. The van der Waals surface area contributed by atoms with Gasteiger partial charge in [0.1, 0.15) is 18.2 Å². The number of nitrogens with one attached hydrogen (secondary N) is 1.